The molecule has 0 atom stereocenters. The fraction of sp³-hybridized carbons (Fsp3) is 0.308. The van der Waals surface area contributed by atoms with E-state index in [1.807, 2.05) is 26.0 Å². The average molecular weight is 294 g/mol. The molecule has 0 saturated carbocycles. The van der Waals surface area contributed by atoms with Crippen LogP contribution in [0.25, 0.3) is 0 Å². The smallest absolute Gasteiger partial charge is 0.323 e. The van der Waals surface area contributed by atoms with Gasteiger partial charge in [-0.15, -0.1) is 0 Å². The molecular weight excluding hydrogens is 278 g/mol. The van der Waals surface area contributed by atoms with Crippen molar-refractivity contribution in [3.05, 3.63) is 28.8 Å². The normalized spacial score (nSPS) is 10.3. The molecule has 20 heavy (non-hydrogen) atoms. The van der Waals surface area contributed by atoms with Gasteiger partial charge in [-0.3, -0.25) is 0 Å². The lowest BCUT2D eigenvalue weighted by molar-refractivity contribution is 0.292. The number of hydrogen-bond donors (Lipinski definition) is 2. The second-order valence-electron chi connectivity index (χ2n) is 4.24. The Balaban J connectivity index is 2.19. The fourth-order valence-electron chi connectivity index (χ4n) is 1.49. The minimum atomic E-state index is 0.104. The zero-order chi connectivity index (χ0) is 14.5. The van der Waals surface area contributed by atoms with E-state index in [0.717, 1.165) is 17.7 Å². The summed E-state index contributed by atoms with van der Waals surface area (Å²) in [6, 6.07) is 5.79. The van der Waals surface area contributed by atoms with E-state index in [0.29, 0.717) is 17.6 Å². The molecule has 0 fully saturated rings. The van der Waals surface area contributed by atoms with Crippen LogP contribution in [0.15, 0.2) is 18.2 Å². The highest BCUT2D eigenvalue weighted by atomic mass is 35.5. The summed E-state index contributed by atoms with van der Waals surface area (Å²) < 4.78 is 5.35. The van der Waals surface area contributed by atoms with Crippen molar-refractivity contribution in [3.63, 3.8) is 0 Å². The number of benzene rings is 1. The lowest BCUT2D eigenvalue weighted by atomic mass is 10.2. The molecule has 6 nitrogen and oxygen atoms in total. The van der Waals surface area contributed by atoms with Crippen LogP contribution >= 0.6 is 11.6 Å². The molecule has 0 aliphatic rings. The third kappa shape index (κ3) is 3.71. The van der Waals surface area contributed by atoms with Crippen LogP contribution in [0.1, 0.15) is 18.9 Å². The van der Waals surface area contributed by atoms with Crippen molar-refractivity contribution >= 4 is 29.2 Å². The van der Waals surface area contributed by atoms with Crippen molar-refractivity contribution in [1.29, 1.82) is 0 Å². The maximum atomic E-state index is 6.07. The van der Waals surface area contributed by atoms with Crippen LogP contribution < -0.4 is 15.8 Å². The van der Waals surface area contributed by atoms with E-state index < -0.39 is 0 Å². The van der Waals surface area contributed by atoms with Gasteiger partial charge in [0, 0.05) is 10.7 Å². The maximum absolute atomic E-state index is 6.07. The first-order valence-corrected chi connectivity index (χ1v) is 6.64. The Hall–Kier alpha value is -2.08. The zero-order valence-electron chi connectivity index (χ0n) is 11.4. The second kappa shape index (κ2) is 6.38. The lowest BCUT2D eigenvalue weighted by Crippen LogP contribution is -2.07. The van der Waals surface area contributed by atoms with E-state index in [2.05, 4.69) is 20.3 Å². The number of aromatic nitrogens is 3. The number of ether oxygens (including phenoxy) is 1. The molecule has 1 heterocycles. The van der Waals surface area contributed by atoms with Crippen LogP contribution in [-0.4, -0.2) is 21.6 Å². The summed E-state index contributed by atoms with van der Waals surface area (Å²) in [6.07, 6.45) is 0.863. The van der Waals surface area contributed by atoms with Gasteiger partial charge < -0.3 is 15.8 Å². The largest absolute Gasteiger partial charge is 0.463 e. The number of halogens is 1. The topological polar surface area (TPSA) is 86.0 Å². The Morgan fingerprint density at radius 2 is 2.10 bits per heavy atom. The van der Waals surface area contributed by atoms with Gasteiger partial charge >= 0.3 is 6.01 Å². The van der Waals surface area contributed by atoms with E-state index in [4.69, 9.17) is 22.1 Å². The maximum Gasteiger partial charge on any atom is 0.323 e. The summed E-state index contributed by atoms with van der Waals surface area (Å²) in [7, 11) is 0. The quantitative estimate of drug-likeness (QED) is 0.881. The highest BCUT2D eigenvalue weighted by molar-refractivity contribution is 6.31. The molecule has 106 valence electrons. The highest BCUT2D eigenvalue weighted by Crippen LogP contribution is 2.22. The van der Waals surface area contributed by atoms with Crippen LogP contribution in [0.2, 0.25) is 5.02 Å². The molecule has 0 aliphatic carbocycles. The number of hydrogen-bond acceptors (Lipinski definition) is 6. The number of nitrogen functional groups attached to an aromatic ring is 1. The van der Waals surface area contributed by atoms with E-state index in [1.54, 1.807) is 6.07 Å². The molecule has 1 aromatic carbocycles. The molecule has 1 aromatic heterocycles. The van der Waals surface area contributed by atoms with Crippen LogP contribution in [0, 0.1) is 6.92 Å². The Kier molecular flexibility index (Phi) is 4.57. The Morgan fingerprint density at radius 1 is 1.30 bits per heavy atom. The number of aryl methyl sites for hydroxylation is 1. The van der Waals surface area contributed by atoms with Crippen molar-refractivity contribution in [3.8, 4) is 6.01 Å². The molecule has 0 aliphatic heterocycles. The summed E-state index contributed by atoms with van der Waals surface area (Å²) in [5, 5.41) is 3.69. The van der Waals surface area contributed by atoms with Gasteiger partial charge in [0.2, 0.25) is 11.9 Å². The van der Waals surface area contributed by atoms with Crippen LogP contribution in [0.5, 0.6) is 6.01 Å². The van der Waals surface area contributed by atoms with Gasteiger partial charge in [0.15, 0.2) is 0 Å². The third-order valence-electron chi connectivity index (χ3n) is 2.50. The number of nitrogens with zero attached hydrogens (tertiary/aromatic N) is 3. The number of nitrogens with one attached hydrogen (secondary N) is 1. The third-order valence-corrected chi connectivity index (χ3v) is 2.90. The van der Waals surface area contributed by atoms with Gasteiger partial charge in [0.05, 0.1) is 6.61 Å². The van der Waals surface area contributed by atoms with Gasteiger partial charge in [-0.2, -0.15) is 15.0 Å². The summed E-state index contributed by atoms with van der Waals surface area (Å²) in [4.78, 5) is 12.1. The van der Waals surface area contributed by atoms with Gasteiger partial charge in [-0.1, -0.05) is 24.6 Å². The summed E-state index contributed by atoms with van der Waals surface area (Å²) in [6.45, 7) is 4.46. The average Bonchev–Trinajstić information content (AvgIpc) is 2.40. The Morgan fingerprint density at radius 3 is 2.80 bits per heavy atom. The van der Waals surface area contributed by atoms with Crippen molar-refractivity contribution in [2.75, 3.05) is 17.7 Å². The molecular formula is C13H16ClN5O. The van der Waals surface area contributed by atoms with E-state index >= 15 is 0 Å². The molecule has 0 unspecified atom stereocenters. The number of nitrogens with two attached hydrogens (primary N) is 1. The van der Waals surface area contributed by atoms with Crippen LogP contribution in [0.4, 0.5) is 17.6 Å². The molecule has 2 rings (SSSR count). The Labute approximate surface area is 122 Å². The van der Waals surface area contributed by atoms with Gasteiger partial charge in [0.1, 0.15) is 0 Å². The molecule has 0 amide bonds. The molecule has 3 N–H and O–H groups in total. The molecule has 0 saturated heterocycles. The predicted molar refractivity (Wildman–Crippen MR) is 79.5 cm³/mol. The van der Waals surface area contributed by atoms with E-state index in [1.165, 1.54) is 0 Å². The molecule has 0 bridgehead atoms. The Bertz CT molecular complexity index is 605. The monoisotopic (exact) mass is 293 g/mol. The summed E-state index contributed by atoms with van der Waals surface area (Å²) >= 11 is 6.07. The SMILES string of the molecule is CCCOc1nc(N)nc(Nc2ccc(C)c(Cl)c2)n1. The van der Waals surface area contributed by atoms with Crippen molar-refractivity contribution in [2.24, 2.45) is 0 Å². The van der Waals surface area contributed by atoms with Gasteiger partial charge in [0.25, 0.3) is 0 Å². The molecule has 7 heteroatoms. The minimum Gasteiger partial charge on any atom is -0.463 e. The first-order chi connectivity index (χ1) is 9.58. The van der Waals surface area contributed by atoms with E-state index in [9.17, 15) is 0 Å². The number of rotatable bonds is 5. The minimum absolute atomic E-state index is 0.104. The van der Waals surface area contributed by atoms with Crippen molar-refractivity contribution in [1.82, 2.24) is 15.0 Å². The molecule has 2 aromatic rings. The zero-order valence-corrected chi connectivity index (χ0v) is 12.1. The highest BCUT2D eigenvalue weighted by Gasteiger charge is 2.06. The van der Waals surface area contributed by atoms with Gasteiger partial charge in [-0.25, -0.2) is 0 Å². The second-order valence-corrected chi connectivity index (χ2v) is 4.64. The first-order valence-electron chi connectivity index (χ1n) is 6.26. The van der Waals surface area contributed by atoms with Crippen molar-refractivity contribution < 1.29 is 4.74 Å². The van der Waals surface area contributed by atoms with Crippen molar-refractivity contribution in [2.45, 2.75) is 20.3 Å². The summed E-state index contributed by atoms with van der Waals surface area (Å²) in [5.41, 5.74) is 7.40. The van der Waals surface area contributed by atoms with Gasteiger partial charge in [-0.05, 0) is 31.0 Å². The fourth-order valence-corrected chi connectivity index (χ4v) is 1.67. The standard InChI is InChI=1S/C13H16ClN5O/c1-3-6-20-13-18-11(15)17-12(19-13)16-9-5-4-8(2)10(14)7-9/h4-5,7H,3,6H2,1-2H3,(H3,15,16,17,18,19). The van der Waals surface area contributed by atoms with E-state index in [-0.39, 0.29) is 12.0 Å². The van der Waals surface area contributed by atoms with Crippen LogP contribution in [-0.2, 0) is 0 Å². The lowest BCUT2D eigenvalue weighted by Gasteiger charge is -2.08. The predicted octanol–water partition coefficient (Wildman–Crippen LogP) is 2.95. The molecule has 0 radical (unpaired) electrons. The molecule has 0 spiro atoms. The summed E-state index contributed by atoms with van der Waals surface area (Å²) in [5.74, 6) is 0.426. The van der Waals surface area contributed by atoms with Crippen LogP contribution in [0.3, 0.4) is 0 Å². The number of anilines is 3. The first kappa shape index (κ1) is 14.3.